The molecule has 0 bridgehead atoms. The summed E-state index contributed by atoms with van der Waals surface area (Å²) in [6, 6.07) is 11.0. The molecule has 3 rings (SSSR count). The minimum atomic E-state index is 0.459. The van der Waals surface area contributed by atoms with Gasteiger partial charge in [-0.15, -0.1) is 0 Å². The zero-order valence-electron chi connectivity index (χ0n) is 11.4. The average molecular weight is 257 g/mol. The second-order valence-corrected chi connectivity index (χ2v) is 5.22. The van der Waals surface area contributed by atoms with Crippen LogP contribution >= 0.6 is 0 Å². The molecule has 1 aliphatic heterocycles. The molecule has 1 aliphatic rings. The Kier molecular flexibility index (Phi) is 3.25. The fourth-order valence-electron chi connectivity index (χ4n) is 2.58. The number of hydrogen-bond acceptors (Lipinski definition) is 4. The predicted molar refractivity (Wildman–Crippen MR) is 75.0 cm³/mol. The lowest BCUT2D eigenvalue weighted by atomic mass is 10.1. The van der Waals surface area contributed by atoms with Crippen molar-refractivity contribution in [1.82, 2.24) is 10.5 Å². The van der Waals surface area contributed by atoms with E-state index >= 15 is 0 Å². The first-order chi connectivity index (χ1) is 9.22. The van der Waals surface area contributed by atoms with E-state index in [9.17, 15) is 0 Å². The minimum Gasteiger partial charge on any atom is -0.364 e. The summed E-state index contributed by atoms with van der Waals surface area (Å²) < 4.78 is 5.16. The van der Waals surface area contributed by atoms with E-state index in [4.69, 9.17) is 4.52 Å². The van der Waals surface area contributed by atoms with Crippen LogP contribution in [0.2, 0.25) is 0 Å². The third-order valence-corrected chi connectivity index (χ3v) is 3.50. The highest BCUT2D eigenvalue weighted by molar-refractivity contribution is 5.54. The molecule has 2 heterocycles. The van der Waals surface area contributed by atoms with Gasteiger partial charge in [-0.25, -0.2) is 0 Å². The van der Waals surface area contributed by atoms with Crippen molar-refractivity contribution >= 4 is 5.69 Å². The maximum Gasteiger partial charge on any atom is 0.133 e. The van der Waals surface area contributed by atoms with Gasteiger partial charge >= 0.3 is 0 Å². The van der Waals surface area contributed by atoms with Crippen LogP contribution in [-0.2, 0) is 13.1 Å². The van der Waals surface area contributed by atoms with Crippen LogP contribution in [0.3, 0.4) is 0 Å². The first kappa shape index (κ1) is 12.2. The molecule has 1 N–H and O–H groups in total. The molecule has 19 heavy (non-hydrogen) atoms. The second kappa shape index (κ2) is 5.05. The quantitative estimate of drug-likeness (QED) is 0.897. The normalized spacial score (nSPS) is 19.1. The van der Waals surface area contributed by atoms with Gasteiger partial charge < -0.3 is 14.7 Å². The Morgan fingerprint density at radius 1 is 1.42 bits per heavy atom. The highest BCUT2D eigenvalue weighted by Gasteiger charge is 2.19. The molecule has 1 unspecified atom stereocenters. The molecule has 2 aromatic rings. The number of anilines is 1. The maximum absolute atomic E-state index is 5.16. The number of benzene rings is 1. The van der Waals surface area contributed by atoms with E-state index in [1.165, 1.54) is 11.3 Å². The number of aromatic nitrogens is 1. The fourth-order valence-corrected chi connectivity index (χ4v) is 2.58. The molecule has 1 aromatic carbocycles. The lowest BCUT2D eigenvalue weighted by Crippen LogP contribution is -2.35. The van der Waals surface area contributed by atoms with Gasteiger partial charge in [0.15, 0.2) is 0 Å². The molecular weight excluding hydrogens is 238 g/mol. The lowest BCUT2D eigenvalue weighted by molar-refractivity contribution is 0.389. The largest absolute Gasteiger partial charge is 0.364 e. The van der Waals surface area contributed by atoms with Crippen LogP contribution in [0.15, 0.2) is 34.9 Å². The zero-order chi connectivity index (χ0) is 13.2. The van der Waals surface area contributed by atoms with Gasteiger partial charge in [0.25, 0.3) is 0 Å². The van der Waals surface area contributed by atoms with Crippen molar-refractivity contribution in [2.75, 3.05) is 11.4 Å². The maximum atomic E-state index is 5.16. The number of aryl methyl sites for hydroxylation is 1. The van der Waals surface area contributed by atoms with Crippen LogP contribution in [0.4, 0.5) is 5.69 Å². The summed E-state index contributed by atoms with van der Waals surface area (Å²) in [4.78, 5) is 2.37. The molecular formula is C15H19N3O. The molecule has 1 atom stereocenters. The average Bonchev–Trinajstić information content (AvgIpc) is 2.74. The van der Waals surface area contributed by atoms with Gasteiger partial charge in [-0.1, -0.05) is 23.4 Å². The van der Waals surface area contributed by atoms with Gasteiger partial charge in [0, 0.05) is 30.9 Å². The van der Waals surface area contributed by atoms with Crippen LogP contribution < -0.4 is 10.2 Å². The molecule has 4 nitrogen and oxygen atoms in total. The molecule has 0 amide bonds. The Hall–Kier alpha value is -1.81. The number of para-hydroxylation sites is 1. The smallest absolute Gasteiger partial charge is 0.133 e. The fraction of sp³-hybridized carbons (Fsp3) is 0.400. The van der Waals surface area contributed by atoms with Crippen molar-refractivity contribution in [3.8, 4) is 0 Å². The summed E-state index contributed by atoms with van der Waals surface area (Å²) in [6.07, 6.45) is 0. The Bertz CT molecular complexity index is 564. The summed E-state index contributed by atoms with van der Waals surface area (Å²) in [5.41, 5.74) is 3.62. The molecule has 1 aromatic heterocycles. The molecule has 0 radical (unpaired) electrons. The molecule has 0 aliphatic carbocycles. The predicted octanol–water partition coefficient (Wildman–Crippen LogP) is 2.48. The highest BCUT2D eigenvalue weighted by atomic mass is 16.5. The van der Waals surface area contributed by atoms with Crippen molar-refractivity contribution in [2.24, 2.45) is 0 Å². The van der Waals surface area contributed by atoms with Gasteiger partial charge in [-0.2, -0.15) is 0 Å². The Labute approximate surface area is 113 Å². The van der Waals surface area contributed by atoms with Gasteiger partial charge in [-0.05, 0) is 25.5 Å². The van der Waals surface area contributed by atoms with Gasteiger partial charge in [-0.3, -0.25) is 0 Å². The van der Waals surface area contributed by atoms with Crippen molar-refractivity contribution in [2.45, 2.75) is 33.0 Å². The van der Waals surface area contributed by atoms with Gasteiger partial charge in [0.2, 0.25) is 0 Å². The topological polar surface area (TPSA) is 41.3 Å². The van der Waals surface area contributed by atoms with E-state index < -0.39 is 0 Å². The summed E-state index contributed by atoms with van der Waals surface area (Å²) in [6.45, 7) is 6.83. The monoisotopic (exact) mass is 257 g/mol. The van der Waals surface area contributed by atoms with Crippen molar-refractivity contribution < 1.29 is 4.52 Å². The minimum absolute atomic E-state index is 0.459. The first-order valence-electron chi connectivity index (χ1n) is 6.71. The van der Waals surface area contributed by atoms with Crippen molar-refractivity contribution in [3.05, 3.63) is 47.3 Å². The van der Waals surface area contributed by atoms with Crippen molar-refractivity contribution in [3.63, 3.8) is 0 Å². The van der Waals surface area contributed by atoms with E-state index in [0.717, 1.165) is 31.1 Å². The van der Waals surface area contributed by atoms with E-state index in [0.29, 0.717) is 6.04 Å². The van der Waals surface area contributed by atoms with Crippen LogP contribution in [0.5, 0.6) is 0 Å². The van der Waals surface area contributed by atoms with E-state index in [1.807, 2.05) is 13.0 Å². The third-order valence-electron chi connectivity index (χ3n) is 3.50. The molecule has 0 saturated heterocycles. The summed E-state index contributed by atoms with van der Waals surface area (Å²) >= 11 is 0. The molecule has 100 valence electrons. The van der Waals surface area contributed by atoms with Crippen molar-refractivity contribution in [1.29, 1.82) is 0 Å². The Morgan fingerprint density at radius 2 is 2.26 bits per heavy atom. The van der Waals surface area contributed by atoms with Gasteiger partial charge in [0.1, 0.15) is 11.5 Å². The Balaban J connectivity index is 1.89. The summed E-state index contributed by atoms with van der Waals surface area (Å²) in [5.74, 6) is 0.865. The standard InChI is InChI=1S/C15H19N3O/c1-11-9-18(10-14-7-12(2)19-17-14)15-6-4-3-5-13(15)8-16-11/h3-7,11,16H,8-10H2,1-2H3. The van der Waals surface area contributed by atoms with Crippen LogP contribution in [0, 0.1) is 6.92 Å². The number of hydrogen-bond donors (Lipinski definition) is 1. The molecule has 0 fully saturated rings. The first-order valence-corrected chi connectivity index (χ1v) is 6.71. The van der Waals surface area contributed by atoms with Crippen LogP contribution in [-0.4, -0.2) is 17.7 Å². The van der Waals surface area contributed by atoms with Crippen LogP contribution in [0.1, 0.15) is 23.9 Å². The molecule has 0 saturated carbocycles. The SMILES string of the molecule is Cc1cc(CN2CC(C)NCc3ccccc32)no1. The second-order valence-electron chi connectivity index (χ2n) is 5.22. The Morgan fingerprint density at radius 3 is 3.05 bits per heavy atom. The molecule has 4 heteroatoms. The van der Waals surface area contributed by atoms with Crippen LogP contribution in [0.25, 0.3) is 0 Å². The van der Waals surface area contributed by atoms with E-state index in [-0.39, 0.29) is 0 Å². The van der Waals surface area contributed by atoms with Gasteiger partial charge in [0.05, 0.1) is 6.54 Å². The number of fused-ring (bicyclic) bond motifs is 1. The number of nitrogens with zero attached hydrogens (tertiary/aromatic N) is 2. The number of rotatable bonds is 2. The third kappa shape index (κ3) is 2.63. The molecule has 0 spiro atoms. The van der Waals surface area contributed by atoms with E-state index in [1.54, 1.807) is 0 Å². The lowest BCUT2D eigenvalue weighted by Gasteiger charge is -2.25. The zero-order valence-corrected chi connectivity index (χ0v) is 11.4. The van der Waals surface area contributed by atoms with E-state index in [2.05, 4.69) is 46.6 Å². The summed E-state index contributed by atoms with van der Waals surface area (Å²) in [5, 5.41) is 7.64. The summed E-state index contributed by atoms with van der Waals surface area (Å²) in [7, 11) is 0. The highest BCUT2D eigenvalue weighted by Crippen LogP contribution is 2.24. The number of nitrogens with one attached hydrogen (secondary N) is 1.